The third kappa shape index (κ3) is 8.24. The van der Waals surface area contributed by atoms with Crippen LogP contribution in [0.5, 0.6) is 0 Å². The number of hydrogen-bond donors (Lipinski definition) is 1. The number of amides is 1. The standard InChI is InChI=1S/C19H23Cl2N3O4S/c1-3-4-13(15-6-5-14(20)7-16(15)21)8-22-18(25)9-27-19(26)11-29-10-17-23-12(2)28-24-17/h5-7,13H,3-4,8-11H2,1-2H3,(H,22,25). The Morgan fingerprint density at radius 2 is 2.14 bits per heavy atom. The smallest absolute Gasteiger partial charge is 0.316 e. The zero-order valence-corrected chi connectivity index (χ0v) is 18.6. The van der Waals surface area contributed by atoms with Crippen LogP contribution in [0, 0.1) is 6.92 Å². The third-order valence-electron chi connectivity index (χ3n) is 3.97. The van der Waals surface area contributed by atoms with Gasteiger partial charge in [-0.2, -0.15) is 4.98 Å². The predicted octanol–water partition coefficient (Wildman–Crippen LogP) is 4.16. The lowest BCUT2D eigenvalue weighted by atomic mass is 9.94. The zero-order valence-electron chi connectivity index (χ0n) is 16.2. The Morgan fingerprint density at radius 1 is 1.34 bits per heavy atom. The number of carbonyl (C=O) groups is 2. The summed E-state index contributed by atoms with van der Waals surface area (Å²) in [6, 6.07) is 5.35. The average molecular weight is 460 g/mol. The summed E-state index contributed by atoms with van der Waals surface area (Å²) >= 11 is 13.5. The molecule has 1 amide bonds. The molecule has 158 valence electrons. The molecule has 2 rings (SSSR count). The molecule has 2 aromatic rings. The van der Waals surface area contributed by atoms with Gasteiger partial charge in [0.15, 0.2) is 12.4 Å². The number of ether oxygens (including phenoxy) is 1. The summed E-state index contributed by atoms with van der Waals surface area (Å²) in [5.41, 5.74) is 0.934. The highest BCUT2D eigenvalue weighted by atomic mass is 35.5. The first-order valence-corrected chi connectivity index (χ1v) is 11.0. The minimum atomic E-state index is -0.476. The first kappa shape index (κ1) is 23.5. The highest BCUT2D eigenvalue weighted by Crippen LogP contribution is 2.30. The van der Waals surface area contributed by atoms with E-state index in [1.54, 1.807) is 19.1 Å². The van der Waals surface area contributed by atoms with Crippen LogP contribution in [-0.2, 0) is 20.1 Å². The number of nitrogens with one attached hydrogen (secondary N) is 1. The van der Waals surface area contributed by atoms with Gasteiger partial charge in [-0.25, -0.2) is 0 Å². The van der Waals surface area contributed by atoms with Crippen LogP contribution in [0.4, 0.5) is 0 Å². The van der Waals surface area contributed by atoms with E-state index < -0.39 is 5.97 Å². The van der Waals surface area contributed by atoms with Crippen molar-refractivity contribution < 1.29 is 18.8 Å². The molecule has 0 fully saturated rings. The molecule has 10 heteroatoms. The summed E-state index contributed by atoms with van der Waals surface area (Å²) in [6.07, 6.45) is 1.79. The molecule has 1 aromatic carbocycles. The van der Waals surface area contributed by atoms with Gasteiger partial charge in [0.1, 0.15) is 0 Å². The highest BCUT2D eigenvalue weighted by molar-refractivity contribution is 7.99. The van der Waals surface area contributed by atoms with E-state index in [2.05, 4.69) is 22.4 Å². The average Bonchev–Trinajstić information content (AvgIpc) is 3.09. The van der Waals surface area contributed by atoms with E-state index in [0.717, 1.165) is 18.4 Å². The van der Waals surface area contributed by atoms with Crippen LogP contribution < -0.4 is 5.32 Å². The normalized spacial score (nSPS) is 11.9. The van der Waals surface area contributed by atoms with E-state index >= 15 is 0 Å². The van der Waals surface area contributed by atoms with Crippen LogP contribution >= 0.6 is 35.0 Å². The Bertz CT molecular complexity index is 832. The summed E-state index contributed by atoms with van der Waals surface area (Å²) in [7, 11) is 0. The Balaban J connectivity index is 1.72. The van der Waals surface area contributed by atoms with Gasteiger partial charge < -0.3 is 14.6 Å². The minimum absolute atomic E-state index is 0.0541. The van der Waals surface area contributed by atoms with E-state index in [4.69, 9.17) is 32.5 Å². The third-order valence-corrected chi connectivity index (χ3v) is 5.43. The number of benzene rings is 1. The van der Waals surface area contributed by atoms with E-state index in [-0.39, 0.29) is 24.2 Å². The number of aromatic nitrogens is 2. The zero-order chi connectivity index (χ0) is 21.2. The van der Waals surface area contributed by atoms with Gasteiger partial charge in [-0.1, -0.05) is 47.8 Å². The number of hydrogen-bond acceptors (Lipinski definition) is 7. The van der Waals surface area contributed by atoms with Crippen LogP contribution in [0.3, 0.4) is 0 Å². The predicted molar refractivity (Wildman–Crippen MR) is 113 cm³/mol. The molecule has 1 unspecified atom stereocenters. The van der Waals surface area contributed by atoms with Crippen molar-refractivity contribution in [2.75, 3.05) is 18.9 Å². The van der Waals surface area contributed by atoms with Crippen LogP contribution in [0.1, 0.15) is 43.0 Å². The maximum atomic E-state index is 12.0. The monoisotopic (exact) mass is 459 g/mol. The molecule has 0 spiro atoms. The van der Waals surface area contributed by atoms with Crippen molar-refractivity contribution in [2.24, 2.45) is 0 Å². The molecule has 1 N–H and O–H groups in total. The summed E-state index contributed by atoms with van der Waals surface area (Å²) in [6.45, 7) is 3.83. The Morgan fingerprint density at radius 3 is 2.79 bits per heavy atom. The molecule has 1 heterocycles. The molecule has 0 aliphatic rings. The maximum absolute atomic E-state index is 12.0. The topological polar surface area (TPSA) is 94.3 Å². The number of aryl methyl sites for hydroxylation is 1. The second kappa shape index (κ2) is 12.0. The first-order chi connectivity index (χ1) is 13.9. The second-order valence-corrected chi connectivity index (χ2v) is 8.17. The molecule has 0 saturated heterocycles. The molecule has 0 radical (unpaired) electrons. The number of rotatable bonds is 11. The minimum Gasteiger partial charge on any atom is -0.455 e. The van der Waals surface area contributed by atoms with Crippen LogP contribution in [0.2, 0.25) is 10.0 Å². The van der Waals surface area contributed by atoms with Crippen molar-refractivity contribution in [3.05, 3.63) is 45.5 Å². The quantitative estimate of drug-likeness (QED) is 0.503. The van der Waals surface area contributed by atoms with E-state index in [1.807, 2.05) is 6.07 Å². The molecule has 0 saturated carbocycles. The molecular formula is C19H23Cl2N3O4S. The molecule has 0 bridgehead atoms. The lowest BCUT2D eigenvalue weighted by Crippen LogP contribution is -2.32. The lowest BCUT2D eigenvalue weighted by Gasteiger charge is -2.19. The van der Waals surface area contributed by atoms with E-state index in [9.17, 15) is 9.59 Å². The molecule has 0 aliphatic carbocycles. The number of carbonyl (C=O) groups excluding carboxylic acids is 2. The van der Waals surface area contributed by atoms with Gasteiger partial charge in [0.25, 0.3) is 5.91 Å². The number of esters is 1. The second-order valence-electron chi connectivity index (χ2n) is 6.34. The Labute approximate surface area is 183 Å². The van der Waals surface area contributed by atoms with Crippen LogP contribution in [0.15, 0.2) is 22.7 Å². The van der Waals surface area contributed by atoms with Gasteiger partial charge in [-0.05, 0) is 24.1 Å². The van der Waals surface area contributed by atoms with E-state index in [0.29, 0.717) is 34.1 Å². The van der Waals surface area contributed by atoms with Crippen LogP contribution in [0.25, 0.3) is 0 Å². The van der Waals surface area contributed by atoms with Crippen molar-refractivity contribution in [1.29, 1.82) is 0 Å². The number of nitrogens with zero attached hydrogens (tertiary/aromatic N) is 2. The van der Waals surface area contributed by atoms with Crippen molar-refractivity contribution in [2.45, 2.75) is 38.4 Å². The molecule has 0 aliphatic heterocycles. The first-order valence-electron chi connectivity index (χ1n) is 9.13. The molecular weight excluding hydrogens is 437 g/mol. The van der Waals surface area contributed by atoms with Crippen molar-refractivity contribution in [3.8, 4) is 0 Å². The van der Waals surface area contributed by atoms with Gasteiger partial charge in [-0.3, -0.25) is 9.59 Å². The highest BCUT2D eigenvalue weighted by Gasteiger charge is 2.16. The fourth-order valence-electron chi connectivity index (χ4n) is 2.65. The largest absolute Gasteiger partial charge is 0.455 e. The number of halogens is 2. The van der Waals surface area contributed by atoms with Gasteiger partial charge in [-0.15, -0.1) is 11.8 Å². The molecule has 1 atom stereocenters. The van der Waals surface area contributed by atoms with Gasteiger partial charge >= 0.3 is 5.97 Å². The summed E-state index contributed by atoms with van der Waals surface area (Å²) < 4.78 is 9.86. The Hall–Kier alpha value is -1.77. The van der Waals surface area contributed by atoms with Crippen molar-refractivity contribution in [1.82, 2.24) is 15.5 Å². The number of thioether (sulfide) groups is 1. The molecule has 1 aromatic heterocycles. The molecule has 29 heavy (non-hydrogen) atoms. The fraction of sp³-hybridized carbons (Fsp3) is 0.474. The maximum Gasteiger partial charge on any atom is 0.316 e. The van der Waals surface area contributed by atoms with Crippen molar-refractivity contribution >= 4 is 46.8 Å². The van der Waals surface area contributed by atoms with E-state index in [1.165, 1.54) is 11.8 Å². The SMILES string of the molecule is CCCC(CNC(=O)COC(=O)CSCc1noc(C)n1)c1ccc(Cl)cc1Cl. The van der Waals surface area contributed by atoms with Gasteiger partial charge in [0, 0.05) is 29.4 Å². The van der Waals surface area contributed by atoms with Crippen molar-refractivity contribution in [3.63, 3.8) is 0 Å². The van der Waals surface area contributed by atoms with Crippen LogP contribution in [-0.4, -0.2) is 40.9 Å². The molecule has 7 nitrogen and oxygen atoms in total. The van der Waals surface area contributed by atoms with Gasteiger partial charge in [0.2, 0.25) is 5.89 Å². The summed E-state index contributed by atoms with van der Waals surface area (Å²) in [5.74, 6) is 0.735. The summed E-state index contributed by atoms with van der Waals surface area (Å²) in [5, 5.41) is 7.68. The van der Waals surface area contributed by atoms with Gasteiger partial charge in [0.05, 0.1) is 11.5 Å². The fourth-order valence-corrected chi connectivity index (χ4v) is 3.86. The Kier molecular flexibility index (Phi) is 9.76. The summed E-state index contributed by atoms with van der Waals surface area (Å²) in [4.78, 5) is 27.8. The lowest BCUT2D eigenvalue weighted by molar-refractivity contribution is -0.145.